The summed E-state index contributed by atoms with van der Waals surface area (Å²) in [6.07, 6.45) is 3.77. The van der Waals surface area contributed by atoms with Crippen LogP contribution in [0.4, 0.5) is 0 Å². The predicted molar refractivity (Wildman–Crippen MR) is 33.3 cm³/mol. The van der Waals surface area contributed by atoms with Crippen molar-refractivity contribution in [2.75, 3.05) is 6.61 Å². The third-order valence-electron chi connectivity index (χ3n) is 2.04. The molecule has 0 amide bonds. The second-order valence-electron chi connectivity index (χ2n) is 2.93. The first-order valence-corrected chi connectivity index (χ1v) is 3.63. The SMILES string of the molecule is C[C@@H]1CCC([C@H]2CO2)O1. The Kier molecular flexibility index (Phi) is 1.24. The summed E-state index contributed by atoms with van der Waals surface area (Å²) in [5.41, 5.74) is 0. The highest BCUT2D eigenvalue weighted by Crippen LogP contribution is 2.28. The highest BCUT2D eigenvalue weighted by atomic mass is 16.6. The van der Waals surface area contributed by atoms with Crippen LogP contribution in [0, 0.1) is 0 Å². The molecule has 2 heteroatoms. The molecule has 0 bridgehead atoms. The van der Waals surface area contributed by atoms with E-state index < -0.39 is 0 Å². The van der Waals surface area contributed by atoms with E-state index >= 15 is 0 Å². The second kappa shape index (κ2) is 1.96. The van der Waals surface area contributed by atoms with E-state index in [2.05, 4.69) is 6.92 Å². The fourth-order valence-corrected chi connectivity index (χ4v) is 1.38. The molecule has 3 atom stereocenters. The third-order valence-corrected chi connectivity index (χ3v) is 2.04. The van der Waals surface area contributed by atoms with Crippen LogP contribution in [-0.4, -0.2) is 24.9 Å². The first kappa shape index (κ1) is 5.69. The summed E-state index contributed by atoms with van der Waals surface area (Å²) in [6, 6.07) is 0. The van der Waals surface area contributed by atoms with Gasteiger partial charge in [-0.2, -0.15) is 0 Å². The van der Waals surface area contributed by atoms with Gasteiger partial charge >= 0.3 is 0 Å². The van der Waals surface area contributed by atoms with Crippen LogP contribution < -0.4 is 0 Å². The van der Waals surface area contributed by atoms with Crippen molar-refractivity contribution in [3.63, 3.8) is 0 Å². The van der Waals surface area contributed by atoms with Gasteiger partial charge in [0.2, 0.25) is 0 Å². The van der Waals surface area contributed by atoms with Crippen molar-refractivity contribution >= 4 is 0 Å². The molecule has 2 heterocycles. The van der Waals surface area contributed by atoms with Crippen molar-refractivity contribution in [1.82, 2.24) is 0 Å². The first-order chi connectivity index (χ1) is 4.36. The Labute approximate surface area is 55.1 Å². The molecular weight excluding hydrogens is 116 g/mol. The predicted octanol–water partition coefficient (Wildman–Crippen LogP) is 0.953. The van der Waals surface area contributed by atoms with Crippen molar-refractivity contribution in [3.05, 3.63) is 0 Å². The van der Waals surface area contributed by atoms with Crippen molar-refractivity contribution in [1.29, 1.82) is 0 Å². The largest absolute Gasteiger partial charge is 0.372 e. The van der Waals surface area contributed by atoms with Crippen LogP contribution >= 0.6 is 0 Å². The lowest BCUT2D eigenvalue weighted by Gasteiger charge is -2.05. The molecule has 0 radical (unpaired) electrons. The van der Waals surface area contributed by atoms with Gasteiger partial charge in [0.25, 0.3) is 0 Å². The zero-order chi connectivity index (χ0) is 6.27. The van der Waals surface area contributed by atoms with E-state index in [9.17, 15) is 0 Å². The van der Waals surface area contributed by atoms with Crippen LogP contribution in [0.15, 0.2) is 0 Å². The topological polar surface area (TPSA) is 21.8 Å². The van der Waals surface area contributed by atoms with Gasteiger partial charge in [-0.15, -0.1) is 0 Å². The lowest BCUT2D eigenvalue weighted by atomic mass is 10.2. The van der Waals surface area contributed by atoms with Gasteiger partial charge in [0, 0.05) is 0 Å². The van der Waals surface area contributed by atoms with E-state index in [1.165, 1.54) is 12.8 Å². The molecule has 0 aromatic rings. The van der Waals surface area contributed by atoms with Gasteiger partial charge in [-0.25, -0.2) is 0 Å². The maximum Gasteiger partial charge on any atom is 0.107 e. The lowest BCUT2D eigenvalue weighted by Crippen LogP contribution is -2.14. The summed E-state index contributed by atoms with van der Waals surface area (Å²) < 4.78 is 10.7. The Balaban J connectivity index is 1.86. The molecule has 2 aliphatic heterocycles. The van der Waals surface area contributed by atoms with E-state index in [1.54, 1.807) is 0 Å². The molecular formula is C7H12O2. The minimum atomic E-state index is 0.431. The van der Waals surface area contributed by atoms with Crippen LogP contribution in [-0.2, 0) is 9.47 Å². The normalized spacial score (nSPS) is 49.7. The minimum Gasteiger partial charge on any atom is -0.372 e. The lowest BCUT2D eigenvalue weighted by molar-refractivity contribution is 0.0384. The van der Waals surface area contributed by atoms with Crippen molar-refractivity contribution in [2.45, 2.75) is 38.1 Å². The van der Waals surface area contributed by atoms with Gasteiger partial charge in [0.05, 0.1) is 18.8 Å². The zero-order valence-electron chi connectivity index (χ0n) is 5.67. The molecule has 2 fully saturated rings. The van der Waals surface area contributed by atoms with E-state index in [4.69, 9.17) is 9.47 Å². The number of epoxide rings is 1. The summed E-state index contributed by atoms with van der Waals surface area (Å²) in [5.74, 6) is 0. The number of rotatable bonds is 1. The summed E-state index contributed by atoms with van der Waals surface area (Å²) in [6.45, 7) is 3.06. The van der Waals surface area contributed by atoms with Crippen molar-refractivity contribution < 1.29 is 9.47 Å². The Morgan fingerprint density at radius 1 is 1.22 bits per heavy atom. The van der Waals surface area contributed by atoms with Gasteiger partial charge in [-0.05, 0) is 19.8 Å². The summed E-state index contributed by atoms with van der Waals surface area (Å²) >= 11 is 0. The molecule has 0 spiro atoms. The smallest absolute Gasteiger partial charge is 0.107 e. The third kappa shape index (κ3) is 1.10. The summed E-state index contributed by atoms with van der Waals surface area (Å²) in [4.78, 5) is 0. The number of ether oxygens (including phenoxy) is 2. The Hall–Kier alpha value is -0.0800. The average molecular weight is 128 g/mol. The molecule has 9 heavy (non-hydrogen) atoms. The summed E-state index contributed by atoms with van der Waals surface area (Å²) in [7, 11) is 0. The van der Waals surface area contributed by atoms with E-state index in [-0.39, 0.29) is 0 Å². The Morgan fingerprint density at radius 2 is 2.00 bits per heavy atom. The maximum atomic E-state index is 5.56. The second-order valence-corrected chi connectivity index (χ2v) is 2.93. The highest BCUT2D eigenvalue weighted by Gasteiger charge is 2.37. The monoisotopic (exact) mass is 128 g/mol. The highest BCUT2D eigenvalue weighted by molar-refractivity contribution is 4.84. The fourth-order valence-electron chi connectivity index (χ4n) is 1.38. The van der Waals surface area contributed by atoms with Crippen LogP contribution in [0.3, 0.4) is 0 Å². The minimum absolute atomic E-state index is 0.431. The standard InChI is InChI=1S/C7H12O2/c1-5-2-3-6(9-5)7-4-8-7/h5-7H,2-4H2,1H3/t5-,6?,7-/m1/s1. The Morgan fingerprint density at radius 3 is 2.44 bits per heavy atom. The Bertz CT molecular complexity index is 109. The molecule has 2 rings (SSSR count). The molecule has 0 aromatic heterocycles. The van der Waals surface area contributed by atoms with Crippen molar-refractivity contribution in [3.8, 4) is 0 Å². The molecule has 52 valence electrons. The molecule has 0 N–H and O–H groups in total. The van der Waals surface area contributed by atoms with Gasteiger partial charge < -0.3 is 9.47 Å². The molecule has 2 nitrogen and oxygen atoms in total. The summed E-state index contributed by atoms with van der Waals surface area (Å²) in [5, 5.41) is 0. The van der Waals surface area contributed by atoms with Crippen LogP contribution in [0.25, 0.3) is 0 Å². The van der Waals surface area contributed by atoms with Crippen LogP contribution in [0.1, 0.15) is 19.8 Å². The number of hydrogen-bond acceptors (Lipinski definition) is 2. The number of hydrogen-bond donors (Lipinski definition) is 0. The van der Waals surface area contributed by atoms with Gasteiger partial charge in [0.15, 0.2) is 0 Å². The quantitative estimate of drug-likeness (QED) is 0.490. The fraction of sp³-hybridized carbons (Fsp3) is 1.00. The van der Waals surface area contributed by atoms with E-state index in [0.717, 1.165) is 6.61 Å². The average Bonchev–Trinajstić information content (AvgIpc) is 2.58. The van der Waals surface area contributed by atoms with Gasteiger partial charge in [-0.3, -0.25) is 0 Å². The van der Waals surface area contributed by atoms with Crippen molar-refractivity contribution in [2.24, 2.45) is 0 Å². The molecule has 0 saturated carbocycles. The van der Waals surface area contributed by atoms with Gasteiger partial charge in [0.1, 0.15) is 6.10 Å². The van der Waals surface area contributed by atoms with Crippen LogP contribution in [0.5, 0.6) is 0 Å². The molecule has 0 aliphatic carbocycles. The van der Waals surface area contributed by atoms with Gasteiger partial charge in [-0.1, -0.05) is 0 Å². The molecule has 0 aromatic carbocycles. The molecule has 2 saturated heterocycles. The first-order valence-electron chi connectivity index (χ1n) is 3.63. The zero-order valence-corrected chi connectivity index (χ0v) is 5.67. The van der Waals surface area contributed by atoms with E-state index in [0.29, 0.717) is 18.3 Å². The van der Waals surface area contributed by atoms with Crippen LogP contribution in [0.2, 0.25) is 0 Å². The van der Waals surface area contributed by atoms with E-state index in [1.807, 2.05) is 0 Å². The molecule has 1 unspecified atom stereocenters. The maximum absolute atomic E-state index is 5.56. The molecule has 2 aliphatic rings.